The highest BCUT2D eigenvalue weighted by atomic mass is 79.9. The topological polar surface area (TPSA) is 101 Å². The van der Waals surface area contributed by atoms with Crippen molar-refractivity contribution in [1.29, 1.82) is 0 Å². The van der Waals surface area contributed by atoms with Crippen LogP contribution >= 0.6 is 15.9 Å². The number of hydrogen-bond acceptors (Lipinski definition) is 7. The van der Waals surface area contributed by atoms with Gasteiger partial charge in [-0.15, -0.1) is 0 Å². The Balaban J connectivity index is 1.64. The number of methoxy groups -OCH3 is 1. The number of fused-ring (bicyclic) bond motifs is 3. The number of rotatable bonds is 5. The van der Waals surface area contributed by atoms with Crippen LogP contribution in [0.25, 0.3) is 0 Å². The second kappa shape index (κ2) is 8.91. The predicted octanol–water partition coefficient (Wildman–Crippen LogP) is 3.29. The van der Waals surface area contributed by atoms with E-state index in [1.165, 1.54) is 13.3 Å². The average Bonchev–Trinajstić information content (AvgIpc) is 3.28. The molecule has 2 aliphatic heterocycles. The van der Waals surface area contributed by atoms with E-state index in [4.69, 9.17) is 14.2 Å². The van der Waals surface area contributed by atoms with E-state index >= 15 is 0 Å². The summed E-state index contributed by atoms with van der Waals surface area (Å²) in [5.74, 6) is -1.34. The molecule has 200 valence electrons. The van der Waals surface area contributed by atoms with Crippen molar-refractivity contribution < 1.29 is 29.2 Å². The van der Waals surface area contributed by atoms with Crippen LogP contribution in [0, 0.1) is 11.3 Å². The van der Waals surface area contributed by atoms with Gasteiger partial charge in [-0.1, -0.05) is 71.4 Å². The Hall–Kier alpha value is -2.72. The van der Waals surface area contributed by atoms with Gasteiger partial charge in [-0.3, -0.25) is 9.78 Å². The fraction of sp³-hybridized carbons (Fsp3) is 0.448. The van der Waals surface area contributed by atoms with Crippen molar-refractivity contribution >= 4 is 21.8 Å². The Kier molecular flexibility index (Phi) is 5.99. The minimum atomic E-state index is -1.99. The number of pyridine rings is 1. The van der Waals surface area contributed by atoms with Gasteiger partial charge in [-0.05, 0) is 12.0 Å². The number of carbonyl (C=O) groups is 1. The Morgan fingerprint density at radius 1 is 1.24 bits per heavy atom. The van der Waals surface area contributed by atoms with E-state index in [1.54, 1.807) is 18.1 Å². The van der Waals surface area contributed by atoms with Crippen LogP contribution in [0.5, 0.6) is 11.5 Å². The number of allylic oxidation sites excluding steroid dienone is 3. The van der Waals surface area contributed by atoms with E-state index in [1.807, 2.05) is 55.5 Å². The maximum absolute atomic E-state index is 14.3. The maximum Gasteiger partial charge on any atom is 0.229 e. The van der Waals surface area contributed by atoms with Gasteiger partial charge < -0.3 is 29.3 Å². The van der Waals surface area contributed by atoms with Crippen LogP contribution in [0.4, 0.5) is 0 Å². The molecule has 2 fully saturated rings. The zero-order valence-corrected chi connectivity index (χ0v) is 23.1. The molecule has 0 bridgehead atoms. The normalized spacial score (nSPS) is 35.5. The molecule has 3 heterocycles. The van der Waals surface area contributed by atoms with Crippen molar-refractivity contribution in [3.8, 4) is 11.5 Å². The molecule has 2 aromatic rings. The quantitative estimate of drug-likeness (QED) is 0.558. The molecule has 4 aliphatic rings. The van der Waals surface area contributed by atoms with Crippen LogP contribution < -0.4 is 9.47 Å². The third-order valence-corrected chi connectivity index (χ3v) is 9.61. The largest absolute Gasteiger partial charge is 0.495 e. The molecule has 1 saturated heterocycles. The van der Waals surface area contributed by atoms with Crippen molar-refractivity contribution in [3.05, 3.63) is 76.6 Å². The molecule has 38 heavy (non-hydrogen) atoms. The molecule has 6 rings (SSSR count). The number of halogens is 1. The fourth-order valence-corrected chi connectivity index (χ4v) is 7.26. The number of ether oxygens (including phenoxy) is 3. The molecular formula is C29H31BrN2O6. The van der Waals surface area contributed by atoms with Gasteiger partial charge in [0.15, 0.2) is 11.2 Å². The van der Waals surface area contributed by atoms with Gasteiger partial charge >= 0.3 is 0 Å². The number of aromatic nitrogens is 1. The van der Waals surface area contributed by atoms with Gasteiger partial charge in [-0.2, -0.15) is 0 Å². The van der Waals surface area contributed by atoms with Crippen molar-refractivity contribution in [1.82, 2.24) is 9.88 Å². The zero-order valence-electron chi connectivity index (χ0n) is 21.5. The number of nitrogens with zero attached hydrogens (tertiary/aromatic N) is 2. The van der Waals surface area contributed by atoms with Gasteiger partial charge in [-0.25, -0.2) is 0 Å². The third kappa shape index (κ3) is 3.19. The summed E-state index contributed by atoms with van der Waals surface area (Å²) < 4.78 is 18.8. The van der Waals surface area contributed by atoms with Crippen molar-refractivity contribution in [3.63, 3.8) is 0 Å². The van der Waals surface area contributed by atoms with Crippen LogP contribution in [-0.2, 0) is 15.1 Å². The molecule has 1 amide bonds. The first kappa shape index (κ1) is 25.6. The van der Waals surface area contributed by atoms with Crippen LogP contribution in [-0.4, -0.2) is 71.1 Å². The predicted molar refractivity (Wildman–Crippen MR) is 143 cm³/mol. The molecule has 1 saturated carbocycles. The number of carbonyl (C=O) groups excluding carboxylic acids is 1. The van der Waals surface area contributed by atoms with Crippen LogP contribution in [0.3, 0.4) is 0 Å². The second-order valence-corrected chi connectivity index (χ2v) is 11.8. The summed E-state index contributed by atoms with van der Waals surface area (Å²) in [6.07, 6.45) is 8.01. The summed E-state index contributed by atoms with van der Waals surface area (Å²) in [5, 5.41) is 25.2. The van der Waals surface area contributed by atoms with Gasteiger partial charge in [0.2, 0.25) is 5.91 Å². The number of benzene rings is 1. The summed E-state index contributed by atoms with van der Waals surface area (Å²) in [6, 6.07) is 9.48. The number of aliphatic hydroxyl groups is 2. The van der Waals surface area contributed by atoms with Crippen LogP contribution in [0.2, 0.25) is 0 Å². The summed E-state index contributed by atoms with van der Waals surface area (Å²) >= 11 is 3.56. The molecule has 0 spiro atoms. The van der Waals surface area contributed by atoms with E-state index in [-0.39, 0.29) is 11.9 Å². The molecule has 2 N–H and O–H groups in total. The molecule has 6 atom stereocenters. The van der Waals surface area contributed by atoms with Crippen molar-refractivity contribution in [2.45, 2.75) is 42.6 Å². The van der Waals surface area contributed by atoms with Crippen molar-refractivity contribution in [2.75, 3.05) is 27.4 Å². The van der Waals surface area contributed by atoms with Crippen LogP contribution in [0.1, 0.15) is 30.4 Å². The lowest BCUT2D eigenvalue weighted by atomic mass is 9.58. The Bertz CT molecular complexity index is 1330. The summed E-state index contributed by atoms with van der Waals surface area (Å²) in [7, 11) is 3.22. The van der Waals surface area contributed by atoms with Crippen molar-refractivity contribution in [2.24, 2.45) is 11.3 Å². The molecule has 0 radical (unpaired) electrons. The number of amides is 1. The standard InChI is InChI=1S/C29H31BrN2O6/c1-27(11-9-18(30)10-12-27)29-23(17-7-5-4-6-8-17)22(26(34)32(2)19-15-37-16-19)25(33)28(29,35)24-20(36-3)13-31-14-21(24)38-29/h4-11,13-14,19,22-23,25,33,35H,12,15-16H2,1-3H3/t22-,23-,25-,27?,28+,29-/m1/s1. The minimum Gasteiger partial charge on any atom is -0.495 e. The smallest absolute Gasteiger partial charge is 0.229 e. The van der Waals surface area contributed by atoms with Gasteiger partial charge in [0.25, 0.3) is 0 Å². The fourth-order valence-electron chi connectivity index (χ4n) is 6.96. The monoisotopic (exact) mass is 582 g/mol. The highest BCUT2D eigenvalue weighted by molar-refractivity contribution is 9.11. The minimum absolute atomic E-state index is 0.0897. The number of aliphatic hydroxyl groups excluding tert-OH is 1. The highest BCUT2D eigenvalue weighted by Gasteiger charge is 2.81. The summed E-state index contributed by atoms with van der Waals surface area (Å²) in [6.45, 7) is 2.89. The average molecular weight is 583 g/mol. The molecular weight excluding hydrogens is 552 g/mol. The first-order chi connectivity index (χ1) is 18.2. The molecule has 2 aliphatic carbocycles. The molecule has 8 nitrogen and oxygen atoms in total. The zero-order chi connectivity index (χ0) is 26.9. The third-order valence-electron chi connectivity index (χ3n) is 9.02. The number of hydrogen-bond donors (Lipinski definition) is 2. The maximum atomic E-state index is 14.3. The van der Waals surface area contributed by atoms with E-state index in [0.717, 1.165) is 10.0 Å². The first-order valence-corrected chi connectivity index (χ1v) is 13.5. The first-order valence-electron chi connectivity index (χ1n) is 12.8. The lowest BCUT2D eigenvalue weighted by molar-refractivity contribution is -0.185. The Morgan fingerprint density at radius 2 is 1.97 bits per heavy atom. The molecule has 9 heteroatoms. The van der Waals surface area contributed by atoms with Crippen LogP contribution in [0.15, 0.2) is 65.4 Å². The van der Waals surface area contributed by atoms with E-state index in [0.29, 0.717) is 36.7 Å². The van der Waals surface area contributed by atoms with E-state index < -0.39 is 34.6 Å². The SMILES string of the molecule is COc1cncc2c1[C@]1(O)[C@H](O)[C@H](C(=O)N(C)C3COC3)[C@@H](c3ccccc3)[C@]1(C1(C)C=CC(Br)=CC1)O2. The number of likely N-dealkylation sites (N-methyl/N-ethyl adjacent to an activating group) is 1. The van der Waals surface area contributed by atoms with Gasteiger partial charge in [0, 0.05) is 22.9 Å². The van der Waals surface area contributed by atoms with E-state index in [2.05, 4.69) is 20.9 Å². The molecule has 1 aromatic heterocycles. The lowest BCUT2D eigenvalue weighted by Crippen LogP contribution is -2.63. The van der Waals surface area contributed by atoms with Gasteiger partial charge in [0.1, 0.15) is 17.6 Å². The Labute approximate surface area is 230 Å². The Morgan fingerprint density at radius 3 is 2.58 bits per heavy atom. The second-order valence-electron chi connectivity index (χ2n) is 10.9. The van der Waals surface area contributed by atoms with Gasteiger partial charge in [0.05, 0.1) is 50.2 Å². The highest BCUT2D eigenvalue weighted by Crippen LogP contribution is 2.72. The van der Waals surface area contributed by atoms with E-state index in [9.17, 15) is 15.0 Å². The summed E-state index contributed by atoms with van der Waals surface area (Å²) in [4.78, 5) is 20.2. The summed E-state index contributed by atoms with van der Waals surface area (Å²) in [5.41, 5.74) is -3.20. The molecule has 1 unspecified atom stereocenters. The molecule has 1 aromatic carbocycles. The lowest BCUT2D eigenvalue weighted by Gasteiger charge is -2.51.